The highest BCUT2D eigenvalue weighted by Gasteiger charge is 2.32. The number of nitrogens with one attached hydrogen (secondary N) is 1. The van der Waals surface area contributed by atoms with Crippen molar-refractivity contribution in [1.82, 2.24) is 14.8 Å². The average Bonchev–Trinajstić information content (AvgIpc) is 3.32. The topological polar surface area (TPSA) is 81.4 Å². The molecule has 0 amide bonds. The standard InChI is InChI=1S/C26H25N5O2S/c1-15-16(2)34-26-23(15)24(18-10-12-20(13-11-18)27-19-8-6-5-7-9-19)28-21(14-22(32)33-4)25-30-29-17(3)31(25)26/h5-13,21,27H,14H2,1-4H3/t21-/m0/s1. The van der Waals surface area contributed by atoms with Gasteiger partial charge in [-0.3, -0.25) is 14.4 Å². The smallest absolute Gasteiger partial charge is 0.308 e. The summed E-state index contributed by atoms with van der Waals surface area (Å²) in [7, 11) is 1.39. The van der Waals surface area contributed by atoms with Crippen molar-refractivity contribution < 1.29 is 9.53 Å². The maximum Gasteiger partial charge on any atom is 0.308 e. The van der Waals surface area contributed by atoms with Gasteiger partial charge in [-0.15, -0.1) is 21.5 Å². The van der Waals surface area contributed by atoms with Crippen LogP contribution in [0.1, 0.15) is 45.7 Å². The van der Waals surface area contributed by atoms with Gasteiger partial charge in [-0.1, -0.05) is 30.3 Å². The fraction of sp³-hybridized carbons (Fsp3) is 0.231. The number of aromatic nitrogens is 3. The Morgan fingerprint density at radius 2 is 1.74 bits per heavy atom. The first kappa shape index (κ1) is 22.0. The number of ether oxygens (including phenoxy) is 1. The van der Waals surface area contributed by atoms with Crippen LogP contribution in [-0.4, -0.2) is 33.6 Å². The molecule has 4 aromatic rings. The van der Waals surface area contributed by atoms with Crippen molar-refractivity contribution in [2.24, 2.45) is 4.99 Å². The van der Waals surface area contributed by atoms with Crippen LogP contribution in [0.4, 0.5) is 11.4 Å². The summed E-state index contributed by atoms with van der Waals surface area (Å²) in [4.78, 5) is 18.6. The predicted octanol–water partition coefficient (Wildman–Crippen LogP) is 5.45. The van der Waals surface area contributed by atoms with Gasteiger partial charge in [-0.2, -0.15) is 0 Å². The largest absolute Gasteiger partial charge is 0.469 e. The maximum absolute atomic E-state index is 12.2. The van der Waals surface area contributed by atoms with Crippen molar-refractivity contribution in [2.45, 2.75) is 33.2 Å². The Morgan fingerprint density at radius 1 is 1.03 bits per heavy atom. The Hall–Kier alpha value is -3.78. The molecule has 0 bridgehead atoms. The van der Waals surface area contributed by atoms with Crippen LogP contribution in [0.5, 0.6) is 0 Å². The molecule has 2 aromatic carbocycles. The van der Waals surface area contributed by atoms with Gasteiger partial charge < -0.3 is 10.1 Å². The quantitative estimate of drug-likeness (QED) is 0.391. The molecule has 1 aliphatic rings. The third kappa shape index (κ3) is 3.90. The lowest BCUT2D eigenvalue weighted by Gasteiger charge is -2.12. The molecular formula is C26H25N5O2S. The molecule has 0 spiro atoms. The van der Waals surface area contributed by atoms with Crippen molar-refractivity contribution in [3.63, 3.8) is 0 Å². The summed E-state index contributed by atoms with van der Waals surface area (Å²) < 4.78 is 7.00. The maximum atomic E-state index is 12.2. The number of fused-ring (bicyclic) bond motifs is 3. The fourth-order valence-electron chi connectivity index (χ4n) is 4.17. The van der Waals surface area contributed by atoms with Crippen molar-refractivity contribution in [2.75, 3.05) is 12.4 Å². The molecule has 1 N–H and O–H groups in total. The van der Waals surface area contributed by atoms with Crippen molar-refractivity contribution in [3.05, 3.63) is 87.8 Å². The fourth-order valence-corrected chi connectivity index (χ4v) is 5.38. The molecular weight excluding hydrogens is 446 g/mol. The lowest BCUT2D eigenvalue weighted by molar-refractivity contribution is -0.141. The highest BCUT2D eigenvalue weighted by molar-refractivity contribution is 7.15. The molecule has 7 nitrogen and oxygen atoms in total. The third-order valence-corrected chi connectivity index (χ3v) is 7.24. The van der Waals surface area contributed by atoms with Gasteiger partial charge in [0.15, 0.2) is 5.82 Å². The number of esters is 1. The van der Waals surface area contributed by atoms with Crippen LogP contribution in [0.25, 0.3) is 5.00 Å². The molecule has 0 saturated carbocycles. The first-order valence-corrected chi connectivity index (χ1v) is 11.9. The van der Waals surface area contributed by atoms with Crippen molar-refractivity contribution >= 4 is 34.4 Å². The van der Waals surface area contributed by atoms with Crippen LogP contribution in [0, 0.1) is 20.8 Å². The third-order valence-electron chi connectivity index (χ3n) is 6.05. The van der Waals surface area contributed by atoms with Crippen LogP contribution in [0.2, 0.25) is 0 Å². The Labute approximate surface area is 202 Å². The van der Waals surface area contributed by atoms with Gasteiger partial charge in [-0.05, 0) is 50.6 Å². The zero-order valence-electron chi connectivity index (χ0n) is 19.5. The van der Waals surface area contributed by atoms with E-state index in [1.165, 1.54) is 17.6 Å². The first-order valence-electron chi connectivity index (χ1n) is 11.1. The molecule has 0 saturated heterocycles. The van der Waals surface area contributed by atoms with E-state index < -0.39 is 6.04 Å². The second-order valence-electron chi connectivity index (χ2n) is 8.25. The van der Waals surface area contributed by atoms with Gasteiger partial charge in [0.2, 0.25) is 0 Å². The molecule has 3 heterocycles. The number of carbonyl (C=O) groups is 1. The van der Waals surface area contributed by atoms with Crippen LogP contribution >= 0.6 is 11.3 Å². The van der Waals surface area contributed by atoms with Gasteiger partial charge in [-0.25, -0.2) is 0 Å². The summed E-state index contributed by atoms with van der Waals surface area (Å²) in [6.45, 7) is 6.16. The molecule has 5 rings (SSSR count). The highest BCUT2D eigenvalue weighted by atomic mass is 32.1. The predicted molar refractivity (Wildman–Crippen MR) is 135 cm³/mol. The minimum Gasteiger partial charge on any atom is -0.469 e. The SMILES string of the molecule is COC(=O)C[C@@H]1N=C(c2ccc(Nc3ccccc3)cc2)c2c(sc(C)c2C)-n2c(C)nnc21. The average molecular weight is 472 g/mol. The zero-order chi connectivity index (χ0) is 23.8. The number of aryl methyl sites for hydroxylation is 2. The minimum absolute atomic E-state index is 0.0960. The van der Waals surface area contributed by atoms with Gasteiger partial charge in [0.05, 0.1) is 19.2 Å². The van der Waals surface area contributed by atoms with Crippen LogP contribution in [-0.2, 0) is 9.53 Å². The number of para-hydroxylation sites is 1. The number of benzene rings is 2. The van der Waals surface area contributed by atoms with E-state index in [9.17, 15) is 4.79 Å². The molecule has 172 valence electrons. The second-order valence-corrected chi connectivity index (χ2v) is 9.45. The van der Waals surface area contributed by atoms with Gasteiger partial charge in [0.25, 0.3) is 0 Å². The summed E-state index contributed by atoms with van der Waals surface area (Å²) in [6, 6.07) is 17.8. The lowest BCUT2D eigenvalue weighted by atomic mass is 9.99. The molecule has 0 unspecified atom stereocenters. The van der Waals surface area contributed by atoms with Crippen LogP contribution < -0.4 is 5.32 Å². The number of hydrogen-bond donors (Lipinski definition) is 1. The molecule has 1 aliphatic heterocycles. The van der Waals surface area contributed by atoms with Crippen LogP contribution in [0.3, 0.4) is 0 Å². The van der Waals surface area contributed by atoms with Gasteiger partial charge in [0.1, 0.15) is 16.9 Å². The Bertz CT molecular complexity index is 1390. The Morgan fingerprint density at radius 3 is 2.44 bits per heavy atom. The second kappa shape index (κ2) is 8.87. The number of rotatable bonds is 5. The summed E-state index contributed by atoms with van der Waals surface area (Å²) in [6.07, 6.45) is 0.0960. The van der Waals surface area contributed by atoms with Gasteiger partial charge >= 0.3 is 5.97 Å². The lowest BCUT2D eigenvalue weighted by Crippen LogP contribution is -2.12. The molecule has 0 radical (unpaired) electrons. The van der Waals surface area contributed by atoms with Gasteiger partial charge in [0, 0.05) is 27.4 Å². The van der Waals surface area contributed by atoms with Crippen molar-refractivity contribution in [1.29, 1.82) is 0 Å². The number of thiophene rings is 1. The summed E-state index contributed by atoms with van der Waals surface area (Å²) in [5, 5.41) is 13.2. The molecule has 0 fully saturated rings. The van der Waals surface area contributed by atoms with Crippen molar-refractivity contribution in [3.8, 4) is 5.00 Å². The summed E-state index contributed by atoms with van der Waals surface area (Å²) >= 11 is 1.70. The van der Waals surface area contributed by atoms with E-state index in [-0.39, 0.29) is 12.4 Å². The summed E-state index contributed by atoms with van der Waals surface area (Å²) in [5.41, 5.74) is 6.07. The highest BCUT2D eigenvalue weighted by Crippen LogP contribution is 2.39. The molecule has 34 heavy (non-hydrogen) atoms. The van der Waals surface area contributed by atoms with E-state index in [0.29, 0.717) is 5.82 Å². The van der Waals surface area contributed by atoms with E-state index in [0.717, 1.165) is 39.0 Å². The monoisotopic (exact) mass is 471 g/mol. The minimum atomic E-state index is -0.495. The number of nitrogens with zero attached hydrogens (tertiary/aromatic N) is 4. The van der Waals surface area contributed by atoms with E-state index in [2.05, 4.69) is 41.5 Å². The van der Waals surface area contributed by atoms with E-state index >= 15 is 0 Å². The Kier molecular flexibility index (Phi) is 5.75. The molecule has 0 aliphatic carbocycles. The number of carbonyl (C=O) groups excluding carboxylic acids is 1. The number of aliphatic imine (C=N–C) groups is 1. The van der Waals surface area contributed by atoms with Crippen LogP contribution in [0.15, 0.2) is 59.6 Å². The van der Waals surface area contributed by atoms with E-state index in [1.807, 2.05) is 54.0 Å². The summed E-state index contributed by atoms with van der Waals surface area (Å²) in [5.74, 6) is 1.09. The number of methoxy groups -OCH3 is 1. The molecule has 1 atom stereocenters. The first-order chi connectivity index (χ1) is 16.5. The molecule has 8 heteroatoms. The van der Waals surface area contributed by atoms with E-state index in [4.69, 9.17) is 9.73 Å². The number of anilines is 2. The normalized spacial score (nSPS) is 14.6. The van der Waals surface area contributed by atoms with E-state index in [1.54, 1.807) is 11.3 Å². The molecule has 2 aromatic heterocycles. The number of hydrogen-bond acceptors (Lipinski definition) is 7. The Balaban J connectivity index is 1.62. The zero-order valence-corrected chi connectivity index (χ0v) is 20.3.